The number of aromatic carboxylic acids is 1. The molecule has 9 heteroatoms. The maximum Gasteiger partial charge on any atom is 1.00 e. The number of carbonyl (C=O) groups excluding carboxylic acids is 2. The van der Waals surface area contributed by atoms with Crippen molar-refractivity contribution in [2.45, 2.75) is 91.9 Å². The molecule has 7 nitrogen and oxygen atoms in total. The Hall–Kier alpha value is -1.16. The van der Waals surface area contributed by atoms with Crippen LogP contribution in [0.25, 0.3) is 0 Å². The zero-order valence-electron chi connectivity index (χ0n) is 29.3. The number of hydrogen-bond acceptors (Lipinski definition) is 7. The van der Waals surface area contributed by atoms with E-state index in [1.807, 2.05) is 31.2 Å². The summed E-state index contributed by atoms with van der Waals surface area (Å²) >= 11 is 0. The van der Waals surface area contributed by atoms with Crippen molar-refractivity contribution in [2.24, 2.45) is 0 Å². The van der Waals surface area contributed by atoms with E-state index in [9.17, 15) is 19.8 Å². The average molecular weight is 644 g/mol. The molecule has 1 fully saturated rings. The summed E-state index contributed by atoms with van der Waals surface area (Å²) in [5, 5.41) is 20.5. The number of carboxylic acid groups (broad SMARTS) is 2. The summed E-state index contributed by atoms with van der Waals surface area (Å²) in [5.41, 5.74) is 5.06. The van der Waals surface area contributed by atoms with Crippen LogP contribution in [-0.2, 0) is 33.5 Å². The second kappa shape index (κ2) is 32.8. The molecular formula is C36H55NNa2O6. The van der Waals surface area contributed by atoms with E-state index in [0.717, 1.165) is 43.6 Å². The Morgan fingerprint density at radius 2 is 1.33 bits per heavy atom. The summed E-state index contributed by atoms with van der Waals surface area (Å²) in [6, 6.07) is 14.7. The molecule has 0 aliphatic carbocycles. The van der Waals surface area contributed by atoms with Gasteiger partial charge in [0.05, 0.1) is 19.2 Å². The summed E-state index contributed by atoms with van der Waals surface area (Å²) in [4.78, 5) is 22.9. The van der Waals surface area contributed by atoms with Crippen molar-refractivity contribution in [3.8, 4) is 0 Å². The fourth-order valence-electron chi connectivity index (χ4n) is 3.96. The molecule has 1 heterocycles. The van der Waals surface area contributed by atoms with Crippen molar-refractivity contribution in [3.05, 3.63) is 83.1 Å². The second-order valence-corrected chi connectivity index (χ2v) is 10.3. The third-order valence-corrected chi connectivity index (χ3v) is 6.84. The number of unbranched alkanes of at least 4 members (excludes halogenated alkanes) is 2. The number of aliphatic carboxylic acids is 1. The largest absolute Gasteiger partial charge is 1.00 e. The third-order valence-electron chi connectivity index (χ3n) is 6.84. The first-order valence-corrected chi connectivity index (χ1v) is 15.8. The zero-order valence-corrected chi connectivity index (χ0v) is 33.3. The van der Waals surface area contributed by atoms with Gasteiger partial charge in [-0.15, -0.1) is 0 Å². The first kappa shape index (κ1) is 48.2. The molecule has 45 heavy (non-hydrogen) atoms. The number of ether oxygens (including phenoxy) is 2. The van der Waals surface area contributed by atoms with Gasteiger partial charge in [0.25, 0.3) is 0 Å². The maximum absolute atomic E-state index is 10.3. The van der Waals surface area contributed by atoms with Gasteiger partial charge in [0.2, 0.25) is 0 Å². The third kappa shape index (κ3) is 26.6. The molecule has 0 aromatic heterocycles. The Balaban J connectivity index is -0.000000520. The fraction of sp³-hybridized carbons (Fsp3) is 0.556. The van der Waals surface area contributed by atoms with Gasteiger partial charge in [0.15, 0.2) is 0 Å². The van der Waals surface area contributed by atoms with Crippen LogP contribution < -0.4 is 69.3 Å². The van der Waals surface area contributed by atoms with Crippen LogP contribution in [0.15, 0.2) is 60.8 Å². The van der Waals surface area contributed by atoms with Gasteiger partial charge in [-0.1, -0.05) is 95.6 Å². The SMILES string of the molecule is C=C1CCCN1CCCC.CCCCOCCOC.CCc1ccc(C(=O)[O-])cc1.CCc1ccc(CCC(=O)[O-])cc1.[Na+].[Na+]. The van der Waals surface area contributed by atoms with Crippen LogP contribution in [0.4, 0.5) is 0 Å². The van der Waals surface area contributed by atoms with E-state index in [1.54, 1.807) is 31.4 Å². The number of benzene rings is 2. The van der Waals surface area contributed by atoms with E-state index in [1.165, 1.54) is 56.5 Å². The molecule has 0 unspecified atom stereocenters. The Bertz CT molecular complexity index is 994. The van der Waals surface area contributed by atoms with Gasteiger partial charge in [-0.25, -0.2) is 0 Å². The number of methoxy groups -OCH3 is 1. The van der Waals surface area contributed by atoms with Gasteiger partial charge < -0.3 is 34.2 Å². The minimum absolute atomic E-state index is 0. The summed E-state index contributed by atoms with van der Waals surface area (Å²) in [6.07, 6.45) is 10.1. The molecule has 2 aromatic rings. The summed E-state index contributed by atoms with van der Waals surface area (Å²) in [7, 11) is 1.68. The van der Waals surface area contributed by atoms with Crippen molar-refractivity contribution in [1.29, 1.82) is 0 Å². The molecule has 3 rings (SSSR count). The molecule has 0 radical (unpaired) electrons. The number of hydrogen-bond donors (Lipinski definition) is 0. The van der Waals surface area contributed by atoms with Crippen molar-refractivity contribution in [3.63, 3.8) is 0 Å². The van der Waals surface area contributed by atoms with Crippen molar-refractivity contribution in [1.82, 2.24) is 4.90 Å². The number of rotatable bonds is 15. The molecule has 0 N–H and O–H groups in total. The molecule has 242 valence electrons. The van der Waals surface area contributed by atoms with Gasteiger partial charge in [-0.05, 0) is 73.6 Å². The molecule has 1 aliphatic heterocycles. The average Bonchev–Trinajstić information content (AvgIpc) is 3.44. The number of allylic oxidation sites excluding steroid dienone is 1. The minimum Gasteiger partial charge on any atom is -0.550 e. The van der Waals surface area contributed by atoms with Crippen LogP contribution in [0.5, 0.6) is 0 Å². The molecule has 0 atom stereocenters. The molecule has 0 amide bonds. The van der Waals surface area contributed by atoms with Crippen LogP contribution >= 0.6 is 0 Å². The summed E-state index contributed by atoms with van der Waals surface area (Å²) < 4.78 is 9.99. The standard InChI is InChI=1S/C11H14O2.C9H17N.C9H10O2.C7H16O2.2Na/c1-2-9-3-5-10(6-4-9)7-8-11(12)13;1-3-4-7-10-8-5-6-9(10)2;1-2-7-3-5-8(6-4-7)9(10)11;1-3-4-5-9-7-6-8-2;;/h3-6H,2,7-8H2,1H3,(H,12,13);2-8H2,1H3;3-6H,2H2,1H3,(H,10,11);3-7H2,1-2H3;;/q;;;;2*+1/p-2. The minimum atomic E-state index is -1.12. The maximum atomic E-state index is 10.3. The van der Waals surface area contributed by atoms with E-state index < -0.39 is 11.9 Å². The molecule has 2 aromatic carbocycles. The number of aryl methyl sites for hydroxylation is 3. The quantitative estimate of drug-likeness (QED) is 0.189. The first-order chi connectivity index (χ1) is 20.7. The Kier molecular flexibility index (Phi) is 35.1. The van der Waals surface area contributed by atoms with Crippen molar-refractivity contribution in [2.75, 3.05) is 40.0 Å². The predicted octanol–water partition coefficient (Wildman–Crippen LogP) is -0.602. The predicted molar refractivity (Wildman–Crippen MR) is 172 cm³/mol. The smallest absolute Gasteiger partial charge is 0.550 e. The van der Waals surface area contributed by atoms with Crippen LogP contribution in [0.2, 0.25) is 0 Å². The molecule has 0 saturated carbocycles. The summed E-state index contributed by atoms with van der Waals surface area (Å²) in [5.74, 6) is -2.10. The van der Waals surface area contributed by atoms with Crippen LogP contribution in [0.3, 0.4) is 0 Å². The van der Waals surface area contributed by atoms with Crippen molar-refractivity contribution >= 4 is 11.9 Å². The number of nitrogens with zero attached hydrogens (tertiary/aromatic N) is 1. The van der Waals surface area contributed by atoms with Gasteiger partial charge >= 0.3 is 59.1 Å². The Labute approximate surface area is 317 Å². The van der Waals surface area contributed by atoms with E-state index in [2.05, 4.69) is 32.3 Å². The molecule has 1 aliphatic rings. The monoisotopic (exact) mass is 643 g/mol. The van der Waals surface area contributed by atoms with Gasteiger partial charge in [0, 0.05) is 38.5 Å². The van der Waals surface area contributed by atoms with Crippen LogP contribution in [0.1, 0.15) is 99.7 Å². The number of carboxylic acids is 2. The summed E-state index contributed by atoms with van der Waals surface area (Å²) in [6.45, 7) is 17.3. The zero-order chi connectivity index (χ0) is 32.3. The molecule has 0 bridgehead atoms. The van der Waals surface area contributed by atoms with Crippen LogP contribution in [-0.4, -0.2) is 56.9 Å². The van der Waals surface area contributed by atoms with E-state index in [4.69, 9.17) is 9.47 Å². The molecule has 0 spiro atoms. The van der Waals surface area contributed by atoms with E-state index >= 15 is 0 Å². The van der Waals surface area contributed by atoms with E-state index in [-0.39, 0.29) is 71.1 Å². The second-order valence-electron chi connectivity index (χ2n) is 10.3. The number of carbonyl (C=O) groups is 2. The first-order valence-electron chi connectivity index (χ1n) is 15.8. The van der Waals surface area contributed by atoms with Gasteiger partial charge in [0.1, 0.15) is 0 Å². The normalized spacial score (nSPS) is 11.3. The fourth-order valence-corrected chi connectivity index (χ4v) is 3.96. The van der Waals surface area contributed by atoms with Gasteiger partial charge in [-0.2, -0.15) is 0 Å². The van der Waals surface area contributed by atoms with Crippen LogP contribution in [0, 0.1) is 0 Å². The Morgan fingerprint density at radius 1 is 0.800 bits per heavy atom. The molecule has 1 saturated heterocycles. The van der Waals surface area contributed by atoms with Gasteiger partial charge in [-0.3, -0.25) is 0 Å². The topological polar surface area (TPSA) is 102 Å². The van der Waals surface area contributed by atoms with E-state index in [0.29, 0.717) is 13.0 Å². The van der Waals surface area contributed by atoms with Crippen molar-refractivity contribution < 1.29 is 88.4 Å². The molecular weight excluding hydrogens is 588 g/mol. The number of likely N-dealkylation sites (tertiary alicyclic amines) is 1. The Morgan fingerprint density at radius 3 is 1.76 bits per heavy atom.